The van der Waals surface area contributed by atoms with Gasteiger partial charge in [-0.2, -0.15) is 5.10 Å². The smallest absolute Gasteiger partial charge is 0.131 e. The topological polar surface area (TPSA) is 33.1 Å². The van der Waals surface area contributed by atoms with Crippen LogP contribution in [0.4, 0.5) is 0 Å². The van der Waals surface area contributed by atoms with Crippen LogP contribution < -0.4 is 5.32 Å². The molecule has 0 amide bonds. The van der Waals surface area contributed by atoms with Gasteiger partial charge in [-0.3, -0.25) is 9.58 Å². The Labute approximate surface area is 156 Å². The van der Waals surface area contributed by atoms with Crippen LogP contribution in [0.15, 0.2) is 30.3 Å². The molecule has 4 nitrogen and oxygen atoms in total. The van der Waals surface area contributed by atoms with Gasteiger partial charge in [0.25, 0.3) is 0 Å². The van der Waals surface area contributed by atoms with Crippen LogP contribution >= 0.6 is 11.6 Å². The summed E-state index contributed by atoms with van der Waals surface area (Å²) < 4.78 is 1.79. The van der Waals surface area contributed by atoms with Crippen LogP contribution in [-0.2, 0) is 20.1 Å². The Kier molecular flexibility index (Phi) is 6.15. The summed E-state index contributed by atoms with van der Waals surface area (Å²) in [6, 6.07) is 11.2. The summed E-state index contributed by atoms with van der Waals surface area (Å²) in [4.78, 5) is 2.55. The lowest BCUT2D eigenvalue weighted by atomic mass is 10.0. The second-order valence-electron chi connectivity index (χ2n) is 7.37. The van der Waals surface area contributed by atoms with E-state index in [0.29, 0.717) is 12.0 Å². The minimum Gasteiger partial charge on any atom is -0.308 e. The number of piperidine rings is 1. The molecule has 1 aromatic heterocycles. The SMILES string of the molecule is CC(C)c1nn(C)c(Cl)c1CN[C@H]1CCCN(Cc2ccccc2)C1. The van der Waals surface area contributed by atoms with Gasteiger partial charge in [-0.25, -0.2) is 0 Å². The van der Waals surface area contributed by atoms with Crippen molar-refractivity contribution in [2.75, 3.05) is 13.1 Å². The Bertz CT molecular complexity index is 681. The zero-order valence-corrected chi connectivity index (χ0v) is 16.3. The van der Waals surface area contributed by atoms with E-state index in [1.807, 2.05) is 7.05 Å². The van der Waals surface area contributed by atoms with Crippen LogP contribution in [0.2, 0.25) is 5.15 Å². The molecule has 1 fully saturated rings. The van der Waals surface area contributed by atoms with Crippen LogP contribution in [0, 0.1) is 0 Å². The average molecular weight is 361 g/mol. The summed E-state index contributed by atoms with van der Waals surface area (Å²) in [7, 11) is 1.92. The lowest BCUT2D eigenvalue weighted by Crippen LogP contribution is -2.45. The molecular weight excluding hydrogens is 332 g/mol. The predicted molar refractivity (Wildman–Crippen MR) is 104 cm³/mol. The van der Waals surface area contributed by atoms with Crippen molar-refractivity contribution in [1.82, 2.24) is 20.0 Å². The van der Waals surface area contributed by atoms with Crippen molar-refractivity contribution in [1.29, 1.82) is 0 Å². The van der Waals surface area contributed by atoms with Crippen LogP contribution in [0.3, 0.4) is 0 Å². The van der Waals surface area contributed by atoms with E-state index >= 15 is 0 Å². The molecule has 136 valence electrons. The lowest BCUT2D eigenvalue weighted by Gasteiger charge is -2.33. The average Bonchev–Trinajstić information content (AvgIpc) is 2.89. The van der Waals surface area contributed by atoms with Gasteiger partial charge in [0.15, 0.2) is 0 Å². The third-order valence-electron chi connectivity index (χ3n) is 4.97. The molecule has 1 atom stereocenters. The number of benzene rings is 1. The van der Waals surface area contributed by atoms with Crippen LogP contribution in [-0.4, -0.2) is 33.8 Å². The number of nitrogens with one attached hydrogen (secondary N) is 1. The summed E-state index contributed by atoms with van der Waals surface area (Å²) in [5.41, 5.74) is 3.65. The van der Waals surface area contributed by atoms with Crippen LogP contribution in [0.5, 0.6) is 0 Å². The summed E-state index contributed by atoms with van der Waals surface area (Å²) in [6.07, 6.45) is 2.46. The first-order chi connectivity index (χ1) is 12.0. The van der Waals surface area contributed by atoms with Crippen molar-refractivity contribution in [3.05, 3.63) is 52.3 Å². The van der Waals surface area contributed by atoms with Gasteiger partial charge in [-0.1, -0.05) is 55.8 Å². The highest BCUT2D eigenvalue weighted by Gasteiger charge is 2.22. The molecule has 3 rings (SSSR count). The van der Waals surface area contributed by atoms with Crippen molar-refractivity contribution in [3.63, 3.8) is 0 Å². The molecule has 1 N–H and O–H groups in total. The van der Waals surface area contributed by atoms with E-state index in [1.54, 1.807) is 4.68 Å². The number of aryl methyl sites for hydroxylation is 1. The van der Waals surface area contributed by atoms with Crippen molar-refractivity contribution >= 4 is 11.6 Å². The number of likely N-dealkylation sites (tertiary alicyclic amines) is 1. The largest absolute Gasteiger partial charge is 0.308 e. The van der Waals surface area contributed by atoms with E-state index in [1.165, 1.54) is 24.9 Å². The standard InChI is InChI=1S/C20H29ClN4/c1-15(2)19-18(20(21)24(3)23-19)12-22-17-10-7-11-25(14-17)13-16-8-5-4-6-9-16/h4-6,8-9,15,17,22H,7,10-14H2,1-3H3/t17-/m0/s1. The van der Waals surface area contributed by atoms with Crippen molar-refractivity contribution in [2.45, 2.75) is 51.7 Å². The third kappa shape index (κ3) is 4.63. The first-order valence-corrected chi connectivity index (χ1v) is 9.63. The number of hydrogen-bond acceptors (Lipinski definition) is 3. The fraction of sp³-hybridized carbons (Fsp3) is 0.550. The molecule has 1 saturated heterocycles. The number of hydrogen-bond donors (Lipinski definition) is 1. The van der Waals surface area contributed by atoms with E-state index in [4.69, 9.17) is 11.6 Å². The molecule has 1 aliphatic heterocycles. The summed E-state index contributed by atoms with van der Waals surface area (Å²) in [6.45, 7) is 8.43. The molecule has 0 spiro atoms. The predicted octanol–water partition coefficient (Wildman–Crippen LogP) is 3.95. The Balaban J connectivity index is 1.58. The van der Waals surface area contributed by atoms with Crippen molar-refractivity contribution < 1.29 is 0 Å². The van der Waals surface area contributed by atoms with Gasteiger partial charge in [0.2, 0.25) is 0 Å². The van der Waals surface area contributed by atoms with E-state index in [0.717, 1.165) is 36.0 Å². The molecule has 2 heterocycles. The van der Waals surface area contributed by atoms with Gasteiger partial charge in [0.05, 0.1) is 5.69 Å². The summed E-state index contributed by atoms with van der Waals surface area (Å²) in [5.74, 6) is 0.386. The maximum absolute atomic E-state index is 6.46. The molecule has 25 heavy (non-hydrogen) atoms. The maximum Gasteiger partial charge on any atom is 0.131 e. The lowest BCUT2D eigenvalue weighted by molar-refractivity contribution is 0.182. The highest BCUT2D eigenvalue weighted by atomic mass is 35.5. The normalized spacial score (nSPS) is 18.8. The Hall–Kier alpha value is -1.36. The third-order valence-corrected chi connectivity index (χ3v) is 5.44. The van der Waals surface area contributed by atoms with Gasteiger partial charge in [-0.15, -0.1) is 0 Å². The molecule has 0 radical (unpaired) electrons. The quantitative estimate of drug-likeness (QED) is 0.846. The van der Waals surface area contributed by atoms with Gasteiger partial charge in [0.1, 0.15) is 5.15 Å². The van der Waals surface area contributed by atoms with E-state index in [-0.39, 0.29) is 0 Å². The van der Waals surface area contributed by atoms with Crippen molar-refractivity contribution in [2.24, 2.45) is 7.05 Å². The minimum atomic E-state index is 0.386. The number of nitrogens with zero attached hydrogens (tertiary/aromatic N) is 3. The van der Waals surface area contributed by atoms with E-state index in [2.05, 4.69) is 59.5 Å². The molecule has 0 bridgehead atoms. The Morgan fingerprint density at radius 3 is 2.76 bits per heavy atom. The molecule has 2 aromatic rings. The fourth-order valence-corrected chi connectivity index (χ4v) is 3.85. The second-order valence-corrected chi connectivity index (χ2v) is 7.73. The number of rotatable bonds is 6. The van der Waals surface area contributed by atoms with Gasteiger partial charge in [0, 0.05) is 38.3 Å². The minimum absolute atomic E-state index is 0.386. The highest BCUT2D eigenvalue weighted by Crippen LogP contribution is 2.25. The molecule has 0 saturated carbocycles. The Morgan fingerprint density at radius 2 is 2.04 bits per heavy atom. The molecular formula is C20H29ClN4. The summed E-state index contributed by atoms with van der Waals surface area (Å²) >= 11 is 6.46. The monoisotopic (exact) mass is 360 g/mol. The fourth-order valence-electron chi connectivity index (χ4n) is 3.65. The van der Waals surface area contributed by atoms with E-state index in [9.17, 15) is 0 Å². The van der Waals surface area contributed by atoms with E-state index < -0.39 is 0 Å². The van der Waals surface area contributed by atoms with Gasteiger partial charge < -0.3 is 5.32 Å². The number of aromatic nitrogens is 2. The maximum atomic E-state index is 6.46. The molecule has 1 aliphatic rings. The first-order valence-electron chi connectivity index (χ1n) is 9.25. The molecule has 0 unspecified atom stereocenters. The molecule has 5 heteroatoms. The van der Waals surface area contributed by atoms with Crippen LogP contribution in [0.1, 0.15) is 49.4 Å². The summed E-state index contributed by atoms with van der Waals surface area (Å²) in [5, 5.41) is 9.06. The Morgan fingerprint density at radius 1 is 1.28 bits per heavy atom. The van der Waals surface area contributed by atoms with Crippen molar-refractivity contribution in [3.8, 4) is 0 Å². The van der Waals surface area contributed by atoms with Gasteiger partial charge >= 0.3 is 0 Å². The molecule has 0 aliphatic carbocycles. The highest BCUT2D eigenvalue weighted by molar-refractivity contribution is 6.30. The zero-order valence-electron chi connectivity index (χ0n) is 15.5. The second kappa shape index (κ2) is 8.35. The number of halogens is 1. The molecule has 1 aromatic carbocycles. The zero-order chi connectivity index (χ0) is 17.8. The van der Waals surface area contributed by atoms with Gasteiger partial charge in [-0.05, 0) is 30.9 Å². The first kappa shape index (κ1) is 18.4. The van der Waals surface area contributed by atoms with Crippen LogP contribution in [0.25, 0.3) is 0 Å².